The van der Waals surface area contributed by atoms with Crippen molar-refractivity contribution in [1.29, 1.82) is 0 Å². The van der Waals surface area contributed by atoms with Gasteiger partial charge in [-0.1, -0.05) is 11.2 Å². The number of rotatable bonds is 4. The Labute approximate surface area is 99.0 Å². The molecule has 0 aliphatic rings. The summed E-state index contributed by atoms with van der Waals surface area (Å²) in [6, 6.07) is 5.23. The van der Waals surface area contributed by atoms with Gasteiger partial charge < -0.3 is 14.4 Å². The average Bonchev–Trinajstić information content (AvgIpc) is 2.79. The highest BCUT2D eigenvalue weighted by atomic mass is 16.5. The summed E-state index contributed by atoms with van der Waals surface area (Å²) in [5.74, 6) is 1.10. The van der Waals surface area contributed by atoms with Gasteiger partial charge in [0.05, 0.1) is 0 Å². The normalized spacial score (nSPS) is 10.7. The van der Waals surface area contributed by atoms with Crippen LogP contribution in [0.5, 0.6) is 5.75 Å². The van der Waals surface area contributed by atoms with Crippen LogP contribution in [-0.2, 0) is 11.3 Å². The van der Waals surface area contributed by atoms with Gasteiger partial charge >= 0.3 is 0 Å². The lowest BCUT2D eigenvalue weighted by Gasteiger charge is -1.99. The smallest absolute Gasteiger partial charge is 0.258 e. The maximum atomic E-state index is 9.60. The zero-order valence-electron chi connectivity index (χ0n) is 9.80. The molecule has 2 aromatic rings. The second kappa shape index (κ2) is 4.97. The van der Waals surface area contributed by atoms with E-state index in [1.54, 1.807) is 12.1 Å². The molecule has 1 heterocycles. The predicted octanol–water partition coefficient (Wildman–Crippen LogP) is 2.29. The van der Waals surface area contributed by atoms with Crippen molar-refractivity contribution in [3.8, 4) is 17.2 Å². The fraction of sp³-hybridized carbons (Fsp3) is 0.333. The van der Waals surface area contributed by atoms with Crippen LogP contribution in [0.25, 0.3) is 11.5 Å². The van der Waals surface area contributed by atoms with E-state index in [1.807, 2.05) is 19.9 Å². The van der Waals surface area contributed by atoms with Gasteiger partial charge in [0.1, 0.15) is 12.4 Å². The molecule has 5 nitrogen and oxygen atoms in total. The Morgan fingerprint density at radius 3 is 2.94 bits per heavy atom. The predicted molar refractivity (Wildman–Crippen MR) is 61.5 cm³/mol. The number of phenols is 1. The molecule has 0 amide bonds. The third kappa shape index (κ3) is 2.62. The molecule has 0 aliphatic carbocycles. The number of hydrogen-bond acceptors (Lipinski definition) is 5. The molecule has 1 aromatic carbocycles. The molecule has 1 N–H and O–H groups in total. The number of aromatic nitrogens is 2. The highest BCUT2D eigenvalue weighted by molar-refractivity contribution is 5.57. The Kier molecular flexibility index (Phi) is 3.39. The van der Waals surface area contributed by atoms with Crippen LogP contribution < -0.4 is 0 Å². The van der Waals surface area contributed by atoms with E-state index in [4.69, 9.17) is 9.26 Å². The first-order valence-corrected chi connectivity index (χ1v) is 5.41. The lowest BCUT2D eigenvalue weighted by molar-refractivity contribution is 0.126. The summed E-state index contributed by atoms with van der Waals surface area (Å²) in [6.07, 6.45) is 0. The van der Waals surface area contributed by atoms with Crippen LogP contribution in [-0.4, -0.2) is 21.9 Å². The van der Waals surface area contributed by atoms with E-state index in [9.17, 15) is 5.11 Å². The van der Waals surface area contributed by atoms with Crippen molar-refractivity contribution in [3.05, 3.63) is 29.6 Å². The zero-order valence-corrected chi connectivity index (χ0v) is 9.80. The summed E-state index contributed by atoms with van der Waals surface area (Å²) >= 11 is 0. The van der Waals surface area contributed by atoms with E-state index in [0.717, 1.165) is 5.56 Å². The molecule has 5 heteroatoms. The van der Waals surface area contributed by atoms with Crippen LogP contribution in [0.4, 0.5) is 0 Å². The molecular weight excluding hydrogens is 220 g/mol. The number of nitrogens with zero attached hydrogens (tertiary/aromatic N) is 2. The van der Waals surface area contributed by atoms with Crippen molar-refractivity contribution in [2.45, 2.75) is 20.5 Å². The number of aryl methyl sites for hydroxylation is 1. The van der Waals surface area contributed by atoms with Gasteiger partial charge in [-0.15, -0.1) is 0 Å². The maximum Gasteiger partial charge on any atom is 0.258 e. The molecule has 0 atom stereocenters. The van der Waals surface area contributed by atoms with Gasteiger partial charge in [-0.25, -0.2) is 0 Å². The van der Waals surface area contributed by atoms with Gasteiger partial charge in [0.2, 0.25) is 0 Å². The van der Waals surface area contributed by atoms with Gasteiger partial charge in [-0.3, -0.25) is 0 Å². The second-order valence-electron chi connectivity index (χ2n) is 3.65. The van der Waals surface area contributed by atoms with Crippen LogP contribution in [0, 0.1) is 6.92 Å². The van der Waals surface area contributed by atoms with Crippen molar-refractivity contribution < 1.29 is 14.4 Å². The molecule has 0 fully saturated rings. The fourth-order valence-corrected chi connectivity index (χ4v) is 1.37. The molecule has 17 heavy (non-hydrogen) atoms. The van der Waals surface area contributed by atoms with E-state index in [-0.39, 0.29) is 5.75 Å². The van der Waals surface area contributed by atoms with Crippen LogP contribution >= 0.6 is 0 Å². The molecule has 0 radical (unpaired) electrons. The average molecular weight is 234 g/mol. The second-order valence-corrected chi connectivity index (χ2v) is 3.65. The van der Waals surface area contributed by atoms with Gasteiger partial charge in [-0.2, -0.15) is 4.98 Å². The molecule has 1 aromatic heterocycles. The quantitative estimate of drug-likeness (QED) is 0.878. The van der Waals surface area contributed by atoms with E-state index >= 15 is 0 Å². The molecule has 0 bridgehead atoms. The van der Waals surface area contributed by atoms with Gasteiger partial charge in [0, 0.05) is 12.2 Å². The number of hydrogen-bond donors (Lipinski definition) is 1. The summed E-state index contributed by atoms with van der Waals surface area (Å²) in [7, 11) is 0. The van der Waals surface area contributed by atoms with E-state index in [1.165, 1.54) is 0 Å². The van der Waals surface area contributed by atoms with Gasteiger partial charge in [0.15, 0.2) is 5.82 Å². The first-order chi connectivity index (χ1) is 8.20. The zero-order chi connectivity index (χ0) is 12.3. The maximum absolute atomic E-state index is 9.60. The van der Waals surface area contributed by atoms with Crippen molar-refractivity contribution >= 4 is 0 Å². The first-order valence-electron chi connectivity index (χ1n) is 5.41. The van der Waals surface area contributed by atoms with Crippen LogP contribution in [0.1, 0.15) is 18.3 Å². The standard InChI is InChI=1S/C12H14N2O3/c1-3-16-7-11-13-12(17-14-11)9-5-4-8(2)10(15)6-9/h4-6,15H,3,7H2,1-2H3. The summed E-state index contributed by atoms with van der Waals surface area (Å²) in [5, 5.41) is 13.4. The molecule has 0 saturated carbocycles. The third-order valence-electron chi connectivity index (χ3n) is 2.36. The minimum Gasteiger partial charge on any atom is -0.508 e. The summed E-state index contributed by atoms with van der Waals surface area (Å²) in [6.45, 7) is 4.67. The fourth-order valence-electron chi connectivity index (χ4n) is 1.37. The monoisotopic (exact) mass is 234 g/mol. The largest absolute Gasteiger partial charge is 0.508 e. The molecular formula is C12H14N2O3. The first kappa shape index (κ1) is 11.6. The lowest BCUT2D eigenvalue weighted by Crippen LogP contribution is -1.93. The summed E-state index contributed by atoms with van der Waals surface area (Å²) in [4.78, 5) is 4.17. The molecule has 0 saturated heterocycles. The van der Waals surface area contributed by atoms with Crippen LogP contribution in [0.15, 0.2) is 22.7 Å². The third-order valence-corrected chi connectivity index (χ3v) is 2.36. The lowest BCUT2D eigenvalue weighted by atomic mass is 10.1. The topological polar surface area (TPSA) is 68.4 Å². The van der Waals surface area contributed by atoms with Crippen molar-refractivity contribution in [2.75, 3.05) is 6.61 Å². The Balaban J connectivity index is 2.21. The highest BCUT2D eigenvalue weighted by Gasteiger charge is 2.10. The van der Waals surface area contributed by atoms with Crippen molar-refractivity contribution in [1.82, 2.24) is 10.1 Å². The Bertz CT molecular complexity index is 508. The van der Waals surface area contributed by atoms with Crippen LogP contribution in [0.3, 0.4) is 0 Å². The molecule has 0 spiro atoms. The molecule has 2 rings (SSSR count). The van der Waals surface area contributed by atoms with Gasteiger partial charge in [-0.05, 0) is 31.5 Å². The minimum absolute atomic E-state index is 0.215. The van der Waals surface area contributed by atoms with E-state index in [0.29, 0.717) is 30.5 Å². The molecule has 90 valence electrons. The van der Waals surface area contributed by atoms with Gasteiger partial charge in [0.25, 0.3) is 5.89 Å². The SMILES string of the molecule is CCOCc1noc(-c2ccc(C)c(O)c2)n1. The summed E-state index contributed by atoms with van der Waals surface area (Å²) in [5.41, 5.74) is 1.51. The van der Waals surface area contributed by atoms with Crippen molar-refractivity contribution in [3.63, 3.8) is 0 Å². The highest BCUT2D eigenvalue weighted by Crippen LogP contribution is 2.24. The van der Waals surface area contributed by atoms with E-state index in [2.05, 4.69) is 10.1 Å². The Morgan fingerprint density at radius 2 is 2.24 bits per heavy atom. The van der Waals surface area contributed by atoms with Crippen molar-refractivity contribution in [2.24, 2.45) is 0 Å². The number of benzene rings is 1. The molecule has 0 unspecified atom stereocenters. The summed E-state index contributed by atoms with van der Waals surface area (Å²) < 4.78 is 10.3. The number of aromatic hydroxyl groups is 1. The van der Waals surface area contributed by atoms with Crippen LogP contribution in [0.2, 0.25) is 0 Å². The number of phenolic OH excluding ortho intramolecular Hbond substituents is 1. The van der Waals surface area contributed by atoms with E-state index < -0.39 is 0 Å². The number of ether oxygens (including phenoxy) is 1. The Morgan fingerprint density at radius 1 is 1.41 bits per heavy atom. The Hall–Kier alpha value is -1.88. The molecule has 0 aliphatic heterocycles. The minimum atomic E-state index is 0.215.